The summed E-state index contributed by atoms with van der Waals surface area (Å²) < 4.78 is 48.9. The number of fused-ring (bicyclic) bond motifs is 4. The molecule has 2 bridgehead atoms. The fourth-order valence-corrected chi connectivity index (χ4v) is 8.72. The van der Waals surface area contributed by atoms with Crippen LogP contribution in [0.25, 0.3) is 16.6 Å². The Balaban J connectivity index is 0.814. The number of hydrogen-bond acceptors (Lipinski definition) is 9. The highest BCUT2D eigenvalue weighted by Crippen LogP contribution is 2.41. The van der Waals surface area contributed by atoms with Gasteiger partial charge in [-0.25, -0.2) is 14.8 Å². The van der Waals surface area contributed by atoms with Crippen molar-refractivity contribution in [1.82, 2.24) is 34.4 Å². The van der Waals surface area contributed by atoms with E-state index >= 15 is 0 Å². The number of nitrogens with one attached hydrogen (secondary N) is 2. The molecule has 2 N–H and O–H groups in total. The number of nitrogens with zero attached hydrogens (tertiary/aromatic N) is 8. The van der Waals surface area contributed by atoms with Gasteiger partial charge in [0, 0.05) is 68.5 Å². The lowest BCUT2D eigenvalue weighted by Gasteiger charge is -2.58. The van der Waals surface area contributed by atoms with E-state index in [1.165, 1.54) is 19.6 Å². The number of amides is 4. The topological polar surface area (TPSA) is 142 Å². The predicted octanol–water partition coefficient (Wildman–Crippen LogP) is 5.50. The van der Waals surface area contributed by atoms with E-state index < -0.39 is 23.8 Å². The van der Waals surface area contributed by atoms with Crippen molar-refractivity contribution in [3.8, 4) is 5.75 Å². The molecule has 2 unspecified atom stereocenters. The molecule has 8 heterocycles. The normalized spacial score (nSPS) is 23.2. The molecule has 5 fully saturated rings. The number of urea groups is 1. The van der Waals surface area contributed by atoms with E-state index in [1.54, 1.807) is 23.2 Å². The van der Waals surface area contributed by atoms with Crippen LogP contribution in [0.4, 0.5) is 35.2 Å². The Hall–Kier alpha value is -5.71. The largest absolute Gasteiger partial charge is 0.494 e. The fraction of sp³-hybridized carbons (Fsp3) is 0.421. The van der Waals surface area contributed by atoms with Crippen LogP contribution in [0, 0.1) is 5.92 Å². The second kappa shape index (κ2) is 13.5. The molecule has 1 aliphatic carbocycles. The standard InChI is InChI=1S/C38H39F3N10O4/c1-55-31-16-28-23(14-29(31)44-36(53)27-4-2-6-32(43-27)38(39,40)41)19-51(46-28)24-9-7-22(8-10-24)18-50-25-15-26(50)21-47(20-25)30-5-3-12-48-34(17-42-35(30)48)49-13-11-33(52)45-37(49)54/h2-6,12,14,16-17,19,22,24-26H,7-11,13,15,18,20-21H2,1H3,(H,44,53)(H,45,52,54)/t22-,24-,25?,26?. The maximum atomic E-state index is 13.2. The van der Waals surface area contributed by atoms with Gasteiger partial charge in [0.05, 0.1) is 36.2 Å². The molecule has 4 aliphatic heterocycles. The lowest BCUT2D eigenvalue weighted by Crippen LogP contribution is -2.69. The van der Waals surface area contributed by atoms with Gasteiger partial charge in [0.2, 0.25) is 5.91 Å². The third-order valence-electron chi connectivity index (χ3n) is 11.5. The zero-order chi connectivity index (χ0) is 38.0. The van der Waals surface area contributed by atoms with Crippen LogP contribution < -0.4 is 25.2 Å². The van der Waals surface area contributed by atoms with Crippen LogP contribution in [0.3, 0.4) is 0 Å². The lowest BCUT2D eigenvalue weighted by molar-refractivity contribution is -0.141. The number of methoxy groups -OCH3 is 1. The first kappa shape index (κ1) is 35.0. The number of piperidine rings is 1. The third kappa shape index (κ3) is 6.49. The van der Waals surface area contributed by atoms with Gasteiger partial charge < -0.3 is 15.0 Å². The van der Waals surface area contributed by atoms with Crippen molar-refractivity contribution in [2.75, 3.05) is 48.4 Å². The summed E-state index contributed by atoms with van der Waals surface area (Å²) in [5.41, 5.74) is 1.37. The summed E-state index contributed by atoms with van der Waals surface area (Å²) >= 11 is 0. The van der Waals surface area contributed by atoms with Crippen LogP contribution in [0.2, 0.25) is 0 Å². The molecule has 1 aromatic carbocycles. The Labute approximate surface area is 313 Å². The minimum absolute atomic E-state index is 0.227. The molecule has 1 saturated carbocycles. The number of alkyl halides is 3. The van der Waals surface area contributed by atoms with Crippen molar-refractivity contribution >= 4 is 51.6 Å². The van der Waals surface area contributed by atoms with Gasteiger partial charge >= 0.3 is 12.2 Å². The molecule has 0 spiro atoms. The van der Waals surface area contributed by atoms with Gasteiger partial charge in [0.15, 0.2) is 5.65 Å². The molecule has 55 heavy (non-hydrogen) atoms. The SMILES string of the molecule is COc1cc2nn([C@H]3CC[C@H](CN4C5CC4CN(c4cccn6c(N7CCC(=O)NC7=O)cnc46)C5)CC3)cc2cc1NC(=O)c1cccc(C(F)(F)F)n1. The Morgan fingerprint density at radius 1 is 1.04 bits per heavy atom. The summed E-state index contributed by atoms with van der Waals surface area (Å²) in [6, 6.07) is 11.5. The first-order valence-electron chi connectivity index (χ1n) is 18.5. The van der Waals surface area contributed by atoms with Gasteiger partial charge in [0.25, 0.3) is 5.91 Å². The number of halogens is 3. The first-order chi connectivity index (χ1) is 26.5. The summed E-state index contributed by atoms with van der Waals surface area (Å²) in [5.74, 6) is 0.536. The number of imide groups is 1. The maximum absolute atomic E-state index is 13.2. The number of ether oxygens (including phenoxy) is 1. The number of imidazole rings is 1. The number of rotatable bonds is 8. The number of piperazine rings is 1. The zero-order valence-electron chi connectivity index (χ0n) is 30.0. The molecule has 286 valence electrons. The van der Waals surface area contributed by atoms with Crippen molar-refractivity contribution in [2.24, 2.45) is 5.92 Å². The molecule has 5 aliphatic rings. The number of aromatic nitrogens is 5. The van der Waals surface area contributed by atoms with Crippen LogP contribution in [0.15, 0.2) is 61.1 Å². The molecular formula is C38H39F3N10O4. The molecule has 4 amide bonds. The zero-order valence-corrected chi connectivity index (χ0v) is 30.0. The second-order valence-corrected chi connectivity index (χ2v) is 14.9. The van der Waals surface area contributed by atoms with Crippen molar-refractivity contribution in [3.05, 3.63) is 72.4 Å². The number of pyridine rings is 2. The Morgan fingerprint density at radius 3 is 2.58 bits per heavy atom. The van der Waals surface area contributed by atoms with Gasteiger partial charge in [-0.15, -0.1) is 0 Å². The molecule has 4 saturated heterocycles. The first-order valence-corrected chi connectivity index (χ1v) is 18.5. The minimum atomic E-state index is -4.66. The second-order valence-electron chi connectivity index (χ2n) is 14.9. The van der Waals surface area contributed by atoms with Crippen molar-refractivity contribution in [2.45, 2.75) is 62.8 Å². The molecule has 10 rings (SSSR count). The van der Waals surface area contributed by atoms with E-state index in [1.807, 2.05) is 27.5 Å². The summed E-state index contributed by atoms with van der Waals surface area (Å²) in [7, 11) is 1.46. The smallest absolute Gasteiger partial charge is 0.433 e. The highest BCUT2D eigenvalue weighted by atomic mass is 19.4. The van der Waals surface area contributed by atoms with E-state index in [9.17, 15) is 27.6 Å². The molecule has 0 radical (unpaired) electrons. The summed E-state index contributed by atoms with van der Waals surface area (Å²) in [6.45, 7) is 3.21. The number of anilines is 3. The quantitative estimate of drug-likeness (QED) is 0.210. The van der Waals surface area contributed by atoms with Crippen LogP contribution in [-0.4, -0.2) is 92.3 Å². The van der Waals surface area contributed by atoms with E-state index in [0.717, 1.165) is 74.2 Å². The average Bonchev–Trinajstić information content (AvgIpc) is 3.81. The molecule has 2 atom stereocenters. The average molecular weight is 757 g/mol. The number of carbonyl (C=O) groups is 3. The van der Waals surface area contributed by atoms with Crippen molar-refractivity contribution in [1.29, 1.82) is 0 Å². The molecule has 5 aromatic rings. The Morgan fingerprint density at radius 2 is 1.84 bits per heavy atom. The highest BCUT2D eigenvalue weighted by Gasteiger charge is 2.46. The van der Waals surface area contributed by atoms with Gasteiger partial charge in [-0.1, -0.05) is 6.07 Å². The maximum Gasteiger partial charge on any atom is 0.433 e. The van der Waals surface area contributed by atoms with E-state index in [-0.39, 0.29) is 24.1 Å². The summed E-state index contributed by atoms with van der Waals surface area (Å²) in [6.07, 6.45) is 6.48. The number of benzene rings is 1. The molecule has 4 aromatic heterocycles. The van der Waals surface area contributed by atoms with Crippen LogP contribution in [0.1, 0.15) is 60.7 Å². The predicted molar refractivity (Wildman–Crippen MR) is 196 cm³/mol. The van der Waals surface area contributed by atoms with Gasteiger partial charge in [-0.2, -0.15) is 18.3 Å². The number of hydrogen-bond donors (Lipinski definition) is 2. The van der Waals surface area contributed by atoms with Gasteiger partial charge in [-0.3, -0.25) is 33.8 Å². The fourth-order valence-electron chi connectivity index (χ4n) is 8.72. The van der Waals surface area contributed by atoms with E-state index in [0.29, 0.717) is 47.3 Å². The Kier molecular flexibility index (Phi) is 8.62. The third-order valence-corrected chi connectivity index (χ3v) is 11.5. The van der Waals surface area contributed by atoms with Gasteiger partial charge in [0.1, 0.15) is 23.0 Å². The Bertz CT molecular complexity index is 2300. The molecular weight excluding hydrogens is 717 g/mol. The van der Waals surface area contributed by atoms with Gasteiger partial charge in [-0.05, 0) is 68.4 Å². The van der Waals surface area contributed by atoms with Crippen molar-refractivity contribution in [3.63, 3.8) is 0 Å². The number of carbonyl (C=O) groups excluding carboxylic acids is 3. The van der Waals surface area contributed by atoms with E-state index in [4.69, 9.17) is 14.8 Å². The summed E-state index contributed by atoms with van der Waals surface area (Å²) in [4.78, 5) is 52.0. The monoisotopic (exact) mass is 756 g/mol. The lowest BCUT2D eigenvalue weighted by atomic mass is 9.81. The highest BCUT2D eigenvalue weighted by molar-refractivity contribution is 6.06. The minimum Gasteiger partial charge on any atom is -0.494 e. The van der Waals surface area contributed by atoms with Crippen LogP contribution in [0.5, 0.6) is 5.75 Å². The van der Waals surface area contributed by atoms with Crippen LogP contribution >= 0.6 is 0 Å². The van der Waals surface area contributed by atoms with Crippen molar-refractivity contribution < 1.29 is 32.3 Å². The molecule has 14 nitrogen and oxygen atoms in total. The summed E-state index contributed by atoms with van der Waals surface area (Å²) in [5, 5.41) is 10.7. The van der Waals surface area contributed by atoms with E-state index in [2.05, 4.69) is 31.5 Å². The van der Waals surface area contributed by atoms with Crippen LogP contribution in [-0.2, 0) is 11.0 Å². The molecule has 17 heteroatoms.